The maximum atomic E-state index is 11.3. The topological polar surface area (TPSA) is 99.1 Å². The minimum Gasteiger partial charge on any atom is -0.497 e. The molecule has 0 aliphatic rings. The van der Waals surface area contributed by atoms with Gasteiger partial charge in [-0.25, -0.2) is 9.78 Å². The minimum atomic E-state index is -1.11. The fourth-order valence-electron chi connectivity index (χ4n) is 2.26. The number of carboxylic acids is 1. The molecular formula is C16H15N3O4. The molecule has 0 amide bonds. The highest BCUT2D eigenvalue weighted by atomic mass is 16.5. The fourth-order valence-corrected chi connectivity index (χ4v) is 2.26. The lowest BCUT2D eigenvalue weighted by atomic mass is 10.3. The van der Waals surface area contributed by atoms with E-state index in [2.05, 4.69) is 4.98 Å². The summed E-state index contributed by atoms with van der Waals surface area (Å²) in [5.74, 6) is 0.642. The number of ether oxygens (including phenoxy) is 2. The molecular weight excluding hydrogens is 298 g/mol. The number of hydrogen-bond acceptors (Lipinski definition) is 5. The van der Waals surface area contributed by atoms with Gasteiger partial charge in [0.05, 0.1) is 12.6 Å². The molecule has 1 aromatic carbocycles. The zero-order valence-corrected chi connectivity index (χ0v) is 12.4. The van der Waals surface area contributed by atoms with Crippen molar-refractivity contribution in [1.82, 2.24) is 9.38 Å². The third kappa shape index (κ3) is 2.89. The van der Waals surface area contributed by atoms with E-state index in [0.29, 0.717) is 28.5 Å². The summed E-state index contributed by atoms with van der Waals surface area (Å²) in [6, 6.07) is 10.4. The Bertz CT molecular complexity index is 873. The van der Waals surface area contributed by atoms with Crippen LogP contribution in [0, 0.1) is 0 Å². The normalized spacial score (nSPS) is 10.7. The quantitative estimate of drug-likeness (QED) is 0.749. The minimum absolute atomic E-state index is 0.0541. The molecule has 2 aromatic heterocycles. The Morgan fingerprint density at radius 2 is 2.09 bits per heavy atom. The second-order valence-electron chi connectivity index (χ2n) is 4.86. The molecule has 3 aromatic rings. The van der Waals surface area contributed by atoms with Crippen molar-refractivity contribution in [3.63, 3.8) is 0 Å². The van der Waals surface area contributed by atoms with Crippen LogP contribution in [0.1, 0.15) is 16.3 Å². The van der Waals surface area contributed by atoms with Gasteiger partial charge in [-0.15, -0.1) is 0 Å². The van der Waals surface area contributed by atoms with Gasteiger partial charge in [-0.05, 0) is 24.3 Å². The third-order valence-corrected chi connectivity index (χ3v) is 3.35. The van der Waals surface area contributed by atoms with E-state index in [9.17, 15) is 9.90 Å². The van der Waals surface area contributed by atoms with Gasteiger partial charge < -0.3 is 20.3 Å². The molecule has 0 aliphatic carbocycles. The maximum Gasteiger partial charge on any atom is 0.356 e. The van der Waals surface area contributed by atoms with Crippen molar-refractivity contribution < 1.29 is 19.4 Å². The highest BCUT2D eigenvalue weighted by molar-refractivity contribution is 5.94. The Hall–Kier alpha value is -3.22. The van der Waals surface area contributed by atoms with Gasteiger partial charge in [-0.2, -0.15) is 0 Å². The Kier molecular flexibility index (Phi) is 3.76. The van der Waals surface area contributed by atoms with Gasteiger partial charge in [0.1, 0.15) is 18.1 Å². The summed E-state index contributed by atoms with van der Waals surface area (Å²) in [6.45, 7) is 0.117. The fraction of sp³-hybridized carbons (Fsp3) is 0.125. The van der Waals surface area contributed by atoms with Crippen LogP contribution in [0.5, 0.6) is 11.5 Å². The van der Waals surface area contributed by atoms with Gasteiger partial charge in [0.15, 0.2) is 11.5 Å². The van der Waals surface area contributed by atoms with Crippen molar-refractivity contribution in [2.24, 2.45) is 0 Å². The average Bonchev–Trinajstić information content (AvgIpc) is 2.91. The molecule has 7 heteroatoms. The van der Waals surface area contributed by atoms with E-state index in [1.807, 2.05) is 6.07 Å². The Balaban J connectivity index is 1.92. The van der Waals surface area contributed by atoms with Crippen LogP contribution in [0.3, 0.4) is 0 Å². The van der Waals surface area contributed by atoms with Crippen molar-refractivity contribution in [2.45, 2.75) is 6.61 Å². The molecule has 7 nitrogen and oxygen atoms in total. The number of rotatable bonds is 5. The van der Waals surface area contributed by atoms with Gasteiger partial charge in [0.25, 0.3) is 0 Å². The number of nitrogens with zero attached hydrogens (tertiary/aromatic N) is 2. The number of benzene rings is 1. The molecule has 0 fully saturated rings. The van der Waals surface area contributed by atoms with Crippen LogP contribution in [0.15, 0.2) is 42.6 Å². The van der Waals surface area contributed by atoms with Crippen molar-refractivity contribution in [2.75, 3.05) is 12.8 Å². The number of anilines is 1. The summed E-state index contributed by atoms with van der Waals surface area (Å²) < 4.78 is 12.5. The largest absolute Gasteiger partial charge is 0.497 e. The third-order valence-electron chi connectivity index (χ3n) is 3.35. The van der Waals surface area contributed by atoms with Crippen LogP contribution in [0.2, 0.25) is 0 Å². The van der Waals surface area contributed by atoms with Crippen LogP contribution in [0.4, 0.5) is 5.69 Å². The molecule has 0 unspecified atom stereocenters. The molecule has 0 saturated heterocycles. The van der Waals surface area contributed by atoms with Crippen molar-refractivity contribution in [3.8, 4) is 11.5 Å². The SMILES string of the molecule is COc1cccc(OCc2nc(C(=O)O)c3cc(N)ccn23)c1. The first-order chi connectivity index (χ1) is 11.1. The molecule has 0 spiro atoms. The van der Waals surface area contributed by atoms with E-state index in [0.717, 1.165) is 0 Å². The van der Waals surface area contributed by atoms with Gasteiger partial charge in [0.2, 0.25) is 0 Å². The molecule has 118 valence electrons. The number of aromatic carboxylic acids is 1. The maximum absolute atomic E-state index is 11.3. The van der Waals surface area contributed by atoms with Crippen molar-refractivity contribution >= 4 is 17.2 Å². The van der Waals surface area contributed by atoms with Crippen LogP contribution in [0.25, 0.3) is 5.52 Å². The van der Waals surface area contributed by atoms with E-state index in [4.69, 9.17) is 15.2 Å². The molecule has 0 bridgehead atoms. The molecule has 0 saturated carbocycles. The number of nitrogen functional groups attached to an aromatic ring is 1. The van der Waals surface area contributed by atoms with Crippen LogP contribution in [-0.2, 0) is 6.61 Å². The Labute approximate surface area is 131 Å². The number of imidazole rings is 1. The number of carboxylic acid groups (broad SMARTS) is 1. The molecule has 23 heavy (non-hydrogen) atoms. The smallest absolute Gasteiger partial charge is 0.356 e. The molecule has 0 radical (unpaired) electrons. The van der Waals surface area contributed by atoms with E-state index >= 15 is 0 Å². The number of carbonyl (C=O) groups is 1. The highest BCUT2D eigenvalue weighted by Crippen LogP contribution is 2.21. The molecule has 0 atom stereocenters. The lowest BCUT2D eigenvalue weighted by Crippen LogP contribution is -2.02. The second kappa shape index (κ2) is 5.88. The van der Waals surface area contributed by atoms with Crippen molar-refractivity contribution in [1.29, 1.82) is 0 Å². The lowest BCUT2D eigenvalue weighted by molar-refractivity contribution is 0.0693. The van der Waals surface area contributed by atoms with Gasteiger partial charge in [0, 0.05) is 18.0 Å². The summed E-state index contributed by atoms with van der Waals surface area (Å²) in [7, 11) is 1.57. The van der Waals surface area contributed by atoms with Crippen LogP contribution in [-0.4, -0.2) is 27.6 Å². The highest BCUT2D eigenvalue weighted by Gasteiger charge is 2.17. The van der Waals surface area contributed by atoms with E-state index < -0.39 is 5.97 Å². The standard InChI is InChI=1S/C16H15N3O4/c1-22-11-3-2-4-12(8-11)23-9-14-18-15(16(20)21)13-7-10(17)5-6-19(13)14/h2-8H,9,17H2,1H3,(H,20,21). The van der Waals surface area contributed by atoms with E-state index in [1.165, 1.54) is 0 Å². The zero-order valence-electron chi connectivity index (χ0n) is 12.4. The number of hydrogen-bond donors (Lipinski definition) is 2. The number of pyridine rings is 1. The molecule has 3 N–H and O–H groups in total. The Morgan fingerprint density at radius 1 is 1.30 bits per heavy atom. The molecule has 0 aliphatic heterocycles. The summed E-state index contributed by atoms with van der Waals surface area (Å²) >= 11 is 0. The van der Waals surface area contributed by atoms with E-state index in [1.54, 1.807) is 48.0 Å². The Morgan fingerprint density at radius 3 is 2.83 bits per heavy atom. The molecule has 2 heterocycles. The average molecular weight is 313 g/mol. The van der Waals surface area contributed by atoms with E-state index in [-0.39, 0.29) is 12.3 Å². The second-order valence-corrected chi connectivity index (χ2v) is 4.86. The predicted molar refractivity (Wildman–Crippen MR) is 83.9 cm³/mol. The summed E-state index contributed by atoms with van der Waals surface area (Å²) in [4.78, 5) is 15.5. The van der Waals surface area contributed by atoms with Gasteiger partial charge in [-0.1, -0.05) is 6.07 Å². The molecule has 3 rings (SSSR count). The lowest BCUT2D eigenvalue weighted by Gasteiger charge is -2.07. The zero-order chi connectivity index (χ0) is 16.4. The van der Waals surface area contributed by atoms with Gasteiger partial charge in [-0.3, -0.25) is 4.40 Å². The first kappa shape index (κ1) is 14.7. The first-order valence-corrected chi connectivity index (χ1v) is 6.85. The number of methoxy groups -OCH3 is 1. The first-order valence-electron chi connectivity index (χ1n) is 6.85. The van der Waals surface area contributed by atoms with Crippen LogP contribution < -0.4 is 15.2 Å². The number of fused-ring (bicyclic) bond motifs is 1. The number of nitrogens with two attached hydrogens (primary N) is 1. The van der Waals surface area contributed by atoms with Gasteiger partial charge >= 0.3 is 5.97 Å². The monoisotopic (exact) mass is 313 g/mol. The van der Waals surface area contributed by atoms with Crippen LogP contribution >= 0.6 is 0 Å². The summed E-state index contributed by atoms with van der Waals surface area (Å²) in [5.41, 5.74) is 6.57. The summed E-state index contributed by atoms with van der Waals surface area (Å²) in [5, 5.41) is 9.27. The predicted octanol–water partition coefficient (Wildman–Crippen LogP) is 2.20. The van der Waals surface area contributed by atoms with Crippen molar-refractivity contribution in [3.05, 3.63) is 54.1 Å². The summed E-state index contributed by atoms with van der Waals surface area (Å²) in [6.07, 6.45) is 1.67. The number of aromatic nitrogens is 2.